The average Bonchev–Trinajstić information content (AvgIpc) is 2.97. The molecular weight excluding hydrogens is 278 g/mol. The second kappa shape index (κ2) is 6.92. The Morgan fingerprint density at radius 1 is 1.14 bits per heavy atom. The normalized spacial score (nSPS) is 16.3. The monoisotopic (exact) mass is 303 g/mol. The molecule has 1 saturated carbocycles. The fourth-order valence-corrected chi connectivity index (χ4v) is 2.88. The standard InChI is InChI=1S/C17H25N3O2/c1-3-20(4-2)15(21)13-7-9-14(10-8-13)19-16(22)17(18)11-5-6-12-17/h7-10H,3-6,11-12,18H2,1-2H3,(H,19,22). The van der Waals surface area contributed by atoms with Gasteiger partial charge in [-0.3, -0.25) is 9.59 Å². The van der Waals surface area contributed by atoms with Crippen LogP contribution in [0.25, 0.3) is 0 Å². The van der Waals surface area contributed by atoms with Crippen LogP contribution in [0.5, 0.6) is 0 Å². The number of hydrogen-bond acceptors (Lipinski definition) is 3. The molecule has 2 amide bonds. The number of hydrogen-bond donors (Lipinski definition) is 2. The first-order chi connectivity index (χ1) is 10.5. The first kappa shape index (κ1) is 16.5. The molecular formula is C17H25N3O2. The lowest BCUT2D eigenvalue weighted by atomic mass is 9.98. The van der Waals surface area contributed by atoms with Crippen molar-refractivity contribution in [3.63, 3.8) is 0 Å². The summed E-state index contributed by atoms with van der Waals surface area (Å²) in [7, 11) is 0. The molecule has 120 valence electrons. The Hall–Kier alpha value is -1.88. The van der Waals surface area contributed by atoms with Crippen LogP contribution in [0.4, 0.5) is 5.69 Å². The van der Waals surface area contributed by atoms with E-state index in [2.05, 4.69) is 5.32 Å². The summed E-state index contributed by atoms with van der Waals surface area (Å²) >= 11 is 0. The third-order valence-electron chi connectivity index (χ3n) is 4.39. The molecule has 1 aromatic rings. The molecule has 0 aromatic heterocycles. The SMILES string of the molecule is CCN(CC)C(=O)c1ccc(NC(=O)C2(N)CCCC2)cc1. The lowest BCUT2D eigenvalue weighted by Crippen LogP contribution is -2.48. The van der Waals surface area contributed by atoms with Crippen molar-refractivity contribution in [2.24, 2.45) is 5.73 Å². The Balaban J connectivity index is 2.03. The van der Waals surface area contributed by atoms with E-state index >= 15 is 0 Å². The number of amides is 2. The quantitative estimate of drug-likeness (QED) is 0.877. The molecule has 2 rings (SSSR count). The molecule has 5 heteroatoms. The van der Waals surface area contributed by atoms with Crippen LogP contribution in [0.1, 0.15) is 49.9 Å². The number of nitrogens with one attached hydrogen (secondary N) is 1. The molecule has 1 aromatic carbocycles. The maximum absolute atomic E-state index is 12.2. The van der Waals surface area contributed by atoms with Crippen LogP contribution in [0.3, 0.4) is 0 Å². The van der Waals surface area contributed by atoms with Crippen LogP contribution in [0.15, 0.2) is 24.3 Å². The van der Waals surface area contributed by atoms with Gasteiger partial charge in [-0.1, -0.05) is 12.8 Å². The number of benzene rings is 1. The van der Waals surface area contributed by atoms with E-state index in [1.54, 1.807) is 29.2 Å². The highest BCUT2D eigenvalue weighted by atomic mass is 16.2. The largest absolute Gasteiger partial charge is 0.339 e. The van der Waals surface area contributed by atoms with Crippen LogP contribution >= 0.6 is 0 Å². The van der Waals surface area contributed by atoms with Crippen molar-refractivity contribution >= 4 is 17.5 Å². The first-order valence-electron chi connectivity index (χ1n) is 8.00. The fourth-order valence-electron chi connectivity index (χ4n) is 2.88. The zero-order chi connectivity index (χ0) is 16.2. The number of nitrogens with zero attached hydrogens (tertiary/aromatic N) is 1. The molecule has 0 spiro atoms. The first-order valence-corrected chi connectivity index (χ1v) is 8.00. The molecule has 22 heavy (non-hydrogen) atoms. The fraction of sp³-hybridized carbons (Fsp3) is 0.529. The lowest BCUT2D eigenvalue weighted by Gasteiger charge is -2.22. The third kappa shape index (κ3) is 3.47. The van der Waals surface area contributed by atoms with E-state index in [0.717, 1.165) is 25.7 Å². The van der Waals surface area contributed by atoms with Crippen LogP contribution < -0.4 is 11.1 Å². The third-order valence-corrected chi connectivity index (χ3v) is 4.39. The summed E-state index contributed by atoms with van der Waals surface area (Å²) in [5, 5.41) is 2.86. The number of rotatable bonds is 5. The van der Waals surface area contributed by atoms with Gasteiger partial charge in [-0.25, -0.2) is 0 Å². The van der Waals surface area contributed by atoms with Gasteiger partial charge in [-0.2, -0.15) is 0 Å². The summed E-state index contributed by atoms with van der Waals surface area (Å²) in [6, 6.07) is 7.00. The highest BCUT2D eigenvalue weighted by Gasteiger charge is 2.36. The van der Waals surface area contributed by atoms with Crippen molar-refractivity contribution in [1.29, 1.82) is 0 Å². The predicted octanol–water partition coefficient (Wildman–Crippen LogP) is 2.38. The molecule has 0 heterocycles. The summed E-state index contributed by atoms with van der Waals surface area (Å²) in [5.41, 5.74) is 6.70. The van der Waals surface area contributed by atoms with E-state index in [9.17, 15) is 9.59 Å². The highest BCUT2D eigenvalue weighted by Crippen LogP contribution is 2.28. The summed E-state index contributed by atoms with van der Waals surface area (Å²) in [4.78, 5) is 26.2. The molecule has 1 fully saturated rings. The van der Waals surface area contributed by atoms with Gasteiger partial charge >= 0.3 is 0 Å². The van der Waals surface area contributed by atoms with Crippen LogP contribution in [-0.4, -0.2) is 35.3 Å². The van der Waals surface area contributed by atoms with E-state index in [1.165, 1.54) is 0 Å². The Kier molecular flexibility index (Phi) is 5.19. The molecule has 1 aliphatic carbocycles. The van der Waals surface area contributed by atoms with Crippen molar-refractivity contribution in [3.8, 4) is 0 Å². The van der Waals surface area contributed by atoms with Gasteiger partial charge in [0.15, 0.2) is 0 Å². The average molecular weight is 303 g/mol. The van der Waals surface area contributed by atoms with Gasteiger partial charge < -0.3 is 16.0 Å². The minimum atomic E-state index is -0.740. The van der Waals surface area contributed by atoms with Gasteiger partial charge in [0.2, 0.25) is 5.91 Å². The molecule has 0 bridgehead atoms. The molecule has 0 atom stereocenters. The maximum Gasteiger partial charge on any atom is 0.253 e. The summed E-state index contributed by atoms with van der Waals surface area (Å²) in [5.74, 6) is -0.123. The minimum absolute atomic E-state index is 0.00830. The lowest BCUT2D eigenvalue weighted by molar-refractivity contribution is -0.121. The van der Waals surface area contributed by atoms with Crippen molar-refractivity contribution < 1.29 is 9.59 Å². The Morgan fingerprint density at radius 2 is 1.68 bits per heavy atom. The molecule has 1 aliphatic rings. The topological polar surface area (TPSA) is 75.4 Å². The van der Waals surface area contributed by atoms with Crippen molar-refractivity contribution in [2.45, 2.75) is 45.1 Å². The Morgan fingerprint density at radius 3 is 2.18 bits per heavy atom. The van der Waals surface area contributed by atoms with E-state index in [0.29, 0.717) is 24.3 Å². The maximum atomic E-state index is 12.2. The van der Waals surface area contributed by atoms with E-state index in [4.69, 9.17) is 5.73 Å². The second-order valence-electron chi connectivity index (χ2n) is 5.87. The number of carbonyl (C=O) groups excluding carboxylic acids is 2. The van der Waals surface area contributed by atoms with Crippen molar-refractivity contribution in [1.82, 2.24) is 4.90 Å². The summed E-state index contributed by atoms with van der Waals surface area (Å²) in [6.07, 6.45) is 3.47. The Bertz CT molecular complexity index is 529. The molecule has 0 radical (unpaired) electrons. The minimum Gasteiger partial charge on any atom is -0.339 e. The summed E-state index contributed by atoms with van der Waals surface area (Å²) < 4.78 is 0. The highest BCUT2D eigenvalue weighted by molar-refractivity contribution is 5.99. The predicted molar refractivity (Wildman–Crippen MR) is 87.7 cm³/mol. The second-order valence-corrected chi connectivity index (χ2v) is 5.87. The molecule has 0 unspecified atom stereocenters. The molecule has 5 nitrogen and oxygen atoms in total. The van der Waals surface area contributed by atoms with Crippen molar-refractivity contribution in [2.75, 3.05) is 18.4 Å². The molecule has 0 aliphatic heterocycles. The molecule has 3 N–H and O–H groups in total. The number of carbonyl (C=O) groups is 2. The molecule has 0 saturated heterocycles. The zero-order valence-corrected chi connectivity index (χ0v) is 13.4. The van der Waals surface area contributed by atoms with Crippen LogP contribution in [0, 0.1) is 0 Å². The van der Waals surface area contributed by atoms with E-state index in [1.807, 2.05) is 13.8 Å². The van der Waals surface area contributed by atoms with E-state index in [-0.39, 0.29) is 11.8 Å². The van der Waals surface area contributed by atoms with Gasteiger partial charge in [-0.15, -0.1) is 0 Å². The van der Waals surface area contributed by atoms with Gasteiger partial charge in [0.25, 0.3) is 5.91 Å². The smallest absolute Gasteiger partial charge is 0.253 e. The zero-order valence-electron chi connectivity index (χ0n) is 13.4. The van der Waals surface area contributed by atoms with Gasteiger partial charge in [0, 0.05) is 24.3 Å². The Labute approximate surface area is 131 Å². The van der Waals surface area contributed by atoms with Crippen molar-refractivity contribution in [3.05, 3.63) is 29.8 Å². The van der Waals surface area contributed by atoms with Gasteiger partial charge in [0.05, 0.1) is 5.54 Å². The summed E-state index contributed by atoms with van der Waals surface area (Å²) in [6.45, 7) is 5.28. The van der Waals surface area contributed by atoms with Crippen LogP contribution in [0.2, 0.25) is 0 Å². The number of anilines is 1. The number of nitrogens with two attached hydrogens (primary N) is 1. The van der Waals surface area contributed by atoms with E-state index < -0.39 is 5.54 Å². The van der Waals surface area contributed by atoms with Gasteiger partial charge in [0.1, 0.15) is 0 Å². The van der Waals surface area contributed by atoms with Crippen LogP contribution in [-0.2, 0) is 4.79 Å². The van der Waals surface area contributed by atoms with Gasteiger partial charge in [-0.05, 0) is 51.0 Å².